The van der Waals surface area contributed by atoms with Gasteiger partial charge in [-0.2, -0.15) is 0 Å². The van der Waals surface area contributed by atoms with Crippen LogP contribution < -0.4 is 4.74 Å². The number of halogens is 2. The highest BCUT2D eigenvalue weighted by molar-refractivity contribution is 6.42. The molecule has 0 aliphatic heterocycles. The van der Waals surface area contributed by atoms with Crippen molar-refractivity contribution in [3.8, 4) is 5.75 Å². The molecule has 0 aliphatic rings. The number of carbonyl (C=O) groups excluding carboxylic acids is 2. The van der Waals surface area contributed by atoms with Gasteiger partial charge < -0.3 is 9.47 Å². The third-order valence-electron chi connectivity index (χ3n) is 2.64. The molecule has 1 aromatic rings. The van der Waals surface area contributed by atoms with Gasteiger partial charge in [0.2, 0.25) is 0 Å². The molecule has 0 amide bonds. The Morgan fingerprint density at radius 1 is 1.15 bits per heavy atom. The van der Waals surface area contributed by atoms with Crippen LogP contribution in [0, 0.1) is 0 Å². The SMILES string of the molecule is CCOc1cc(Cl)c(Cl)cc1C(=O)CCCC(=O)OC. The van der Waals surface area contributed by atoms with Gasteiger partial charge in [0.15, 0.2) is 5.78 Å². The second-order valence-corrected chi connectivity index (χ2v) is 4.86. The molecule has 6 heteroatoms. The fourth-order valence-electron chi connectivity index (χ4n) is 1.65. The second kappa shape index (κ2) is 8.12. The first-order valence-electron chi connectivity index (χ1n) is 6.21. The number of esters is 1. The Kier molecular flexibility index (Phi) is 6.82. The second-order valence-electron chi connectivity index (χ2n) is 4.05. The van der Waals surface area contributed by atoms with Crippen LogP contribution in [0.25, 0.3) is 0 Å². The average molecular weight is 319 g/mol. The lowest BCUT2D eigenvalue weighted by atomic mass is 10.0. The van der Waals surface area contributed by atoms with E-state index in [1.54, 1.807) is 0 Å². The predicted octanol–water partition coefficient (Wildman–Crippen LogP) is 3.92. The van der Waals surface area contributed by atoms with E-state index in [1.807, 2.05) is 6.92 Å². The van der Waals surface area contributed by atoms with Crippen molar-refractivity contribution in [1.82, 2.24) is 0 Å². The molecule has 0 fully saturated rings. The van der Waals surface area contributed by atoms with Gasteiger partial charge in [-0.05, 0) is 19.4 Å². The Morgan fingerprint density at radius 2 is 1.80 bits per heavy atom. The first kappa shape index (κ1) is 16.8. The molecule has 0 saturated carbocycles. The Bertz CT molecular complexity index is 500. The highest BCUT2D eigenvalue weighted by Gasteiger charge is 2.16. The van der Waals surface area contributed by atoms with Crippen molar-refractivity contribution in [2.45, 2.75) is 26.2 Å². The topological polar surface area (TPSA) is 52.6 Å². The highest BCUT2D eigenvalue weighted by atomic mass is 35.5. The summed E-state index contributed by atoms with van der Waals surface area (Å²) in [5, 5.41) is 0.632. The molecule has 4 nitrogen and oxygen atoms in total. The summed E-state index contributed by atoms with van der Waals surface area (Å²) in [6, 6.07) is 3.02. The first-order chi connectivity index (χ1) is 9.49. The van der Waals surface area contributed by atoms with E-state index in [0.29, 0.717) is 34.4 Å². The summed E-state index contributed by atoms with van der Waals surface area (Å²) in [6.45, 7) is 2.23. The zero-order valence-electron chi connectivity index (χ0n) is 11.4. The normalized spacial score (nSPS) is 10.2. The molecule has 0 aliphatic carbocycles. The monoisotopic (exact) mass is 318 g/mol. The van der Waals surface area contributed by atoms with Gasteiger partial charge in [-0.3, -0.25) is 9.59 Å². The number of carbonyl (C=O) groups is 2. The van der Waals surface area contributed by atoms with E-state index in [9.17, 15) is 9.59 Å². The maximum absolute atomic E-state index is 12.1. The molecule has 0 spiro atoms. The summed E-state index contributed by atoms with van der Waals surface area (Å²) >= 11 is 11.8. The smallest absolute Gasteiger partial charge is 0.305 e. The van der Waals surface area contributed by atoms with E-state index in [2.05, 4.69) is 4.74 Å². The molecular formula is C14H16Cl2O4. The van der Waals surface area contributed by atoms with Crippen LogP contribution in [-0.2, 0) is 9.53 Å². The zero-order chi connectivity index (χ0) is 15.1. The number of hydrogen-bond acceptors (Lipinski definition) is 4. The van der Waals surface area contributed by atoms with Crippen LogP contribution in [0.1, 0.15) is 36.5 Å². The molecule has 0 unspecified atom stereocenters. The van der Waals surface area contributed by atoms with Crippen LogP contribution in [-0.4, -0.2) is 25.5 Å². The lowest BCUT2D eigenvalue weighted by molar-refractivity contribution is -0.140. The molecule has 1 aromatic carbocycles. The van der Waals surface area contributed by atoms with Gasteiger partial charge in [-0.15, -0.1) is 0 Å². The Labute approximate surface area is 128 Å². The minimum absolute atomic E-state index is 0.143. The van der Waals surface area contributed by atoms with E-state index < -0.39 is 0 Å². The van der Waals surface area contributed by atoms with Gasteiger partial charge in [0.25, 0.3) is 0 Å². The third-order valence-corrected chi connectivity index (χ3v) is 3.36. The van der Waals surface area contributed by atoms with Crippen molar-refractivity contribution in [3.05, 3.63) is 27.7 Å². The van der Waals surface area contributed by atoms with Crippen molar-refractivity contribution >= 4 is 35.0 Å². The van der Waals surface area contributed by atoms with Crippen LogP contribution >= 0.6 is 23.2 Å². The highest BCUT2D eigenvalue weighted by Crippen LogP contribution is 2.31. The Balaban J connectivity index is 2.80. The van der Waals surface area contributed by atoms with E-state index in [-0.39, 0.29) is 24.6 Å². The van der Waals surface area contributed by atoms with Crippen LogP contribution in [0.3, 0.4) is 0 Å². The van der Waals surface area contributed by atoms with Crippen molar-refractivity contribution < 1.29 is 19.1 Å². The van der Waals surface area contributed by atoms with E-state index in [4.69, 9.17) is 27.9 Å². The van der Waals surface area contributed by atoms with Crippen LogP contribution in [0.15, 0.2) is 12.1 Å². The molecular weight excluding hydrogens is 303 g/mol. The average Bonchev–Trinajstić information content (AvgIpc) is 2.42. The van der Waals surface area contributed by atoms with Crippen LogP contribution in [0.5, 0.6) is 5.75 Å². The number of hydrogen-bond donors (Lipinski definition) is 0. The van der Waals surface area contributed by atoms with Crippen molar-refractivity contribution in [3.63, 3.8) is 0 Å². The minimum atomic E-state index is -0.336. The van der Waals surface area contributed by atoms with Gasteiger partial charge >= 0.3 is 5.97 Å². The fraction of sp³-hybridized carbons (Fsp3) is 0.429. The molecule has 20 heavy (non-hydrogen) atoms. The molecule has 110 valence electrons. The van der Waals surface area contributed by atoms with E-state index in [1.165, 1.54) is 19.2 Å². The first-order valence-corrected chi connectivity index (χ1v) is 6.97. The van der Waals surface area contributed by atoms with E-state index in [0.717, 1.165) is 0 Å². The maximum atomic E-state index is 12.1. The fourth-order valence-corrected chi connectivity index (χ4v) is 1.97. The van der Waals surface area contributed by atoms with Gasteiger partial charge in [0.1, 0.15) is 5.75 Å². The molecule has 0 N–H and O–H groups in total. The van der Waals surface area contributed by atoms with Gasteiger partial charge in [-0.25, -0.2) is 0 Å². The zero-order valence-corrected chi connectivity index (χ0v) is 12.9. The summed E-state index contributed by atoms with van der Waals surface area (Å²) in [7, 11) is 1.32. The largest absolute Gasteiger partial charge is 0.493 e. The van der Waals surface area contributed by atoms with Gasteiger partial charge in [-0.1, -0.05) is 23.2 Å². The molecule has 0 aromatic heterocycles. The molecule has 0 atom stereocenters. The number of Topliss-reactive ketones (excluding diaryl/α,β-unsaturated/α-hetero) is 1. The number of benzene rings is 1. The van der Waals surface area contributed by atoms with Crippen molar-refractivity contribution in [2.24, 2.45) is 0 Å². The lowest BCUT2D eigenvalue weighted by Gasteiger charge is -2.11. The summed E-state index contributed by atoms with van der Waals surface area (Å²) in [5.41, 5.74) is 0.381. The summed E-state index contributed by atoms with van der Waals surface area (Å²) in [4.78, 5) is 23.1. The summed E-state index contributed by atoms with van der Waals surface area (Å²) < 4.78 is 9.91. The Hall–Kier alpha value is -1.26. The number of ether oxygens (including phenoxy) is 2. The third kappa shape index (κ3) is 4.69. The van der Waals surface area contributed by atoms with Gasteiger partial charge in [0, 0.05) is 18.9 Å². The number of ketones is 1. The number of rotatable bonds is 7. The molecule has 0 saturated heterocycles. The molecule has 1 rings (SSSR count). The standard InChI is InChI=1S/C14H16Cl2O4/c1-3-20-13-8-11(16)10(15)7-9(13)12(17)5-4-6-14(18)19-2/h7-8H,3-6H2,1-2H3. The minimum Gasteiger partial charge on any atom is -0.493 e. The summed E-state index contributed by atoms with van der Waals surface area (Å²) in [5.74, 6) is -0.0714. The van der Waals surface area contributed by atoms with Crippen molar-refractivity contribution in [1.29, 1.82) is 0 Å². The van der Waals surface area contributed by atoms with E-state index >= 15 is 0 Å². The number of methoxy groups -OCH3 is 1. The summed E-state index contributed by atoms with van der Waals surface area (Å²) in [6.07, 6.45) is 0.831. The van der Waals surface area contributed by atoms with Crippen LogP contribution in [0.2, 0.25) is 10.0 Å². The molecule has 0 heterocycles. The lowest BCUT2D eigenvalue weighted by Crippen LogP contribution is -2.06. The van der Waals surface area contributed by atoms with Crippen LogP contribution in [0.4, 0.5) is 0 Å². The predicted molar refractivity (Wildman–Crippen MR) is 77.8 cm³/mol. The molecule has 0 radical (unpaired) electrons. The Morgan fingerprint density at radius 3 is 2.40 bits per heavy atom. The van der Waals surface area contributed by atoms with Gasteiger partial charge in [0.05, 0.1) is 29.3 Å². The maximum Gasteiger partial charge on any atom is 0.305 e. The molecule has 0 bridgehead atoms. The quantitative estimate of drug-likeness (QED) is 0.565. The van der Waals surface area contributed by atoms with Crippen molar-refractivity contribution in [2.75, 3.05) is 13.7 Å².